The number of allylic oxidation sites excluding steroid dienone is 3. The number of hydrogen-bond acceptors (Lipinski definition) is 5. The molecule has 4 aliphatic heterocycles. The van der Waals surface area contributed by atoms with Crippen LogP contribution in [0.2, 0.25) is 0 Å². The second-order valence-corrected chi connectivity index (χ2v) is 10.4. The van der Waals surface area contributed by atoms with E-state index >= 15 is 0 Å². The Morgan fingerprint density at radius 1 is 1.34 bits per heavy atom. The van der Waals surface area contributed by atoms with Gasteiger partial charge in [0.25, 0.3) is 6.23 Å². The molecule has 0 unspecified atom stereocenters. The van der Waals surface area contributed by atoms with Gasteiger partial charge in [0.1, 0.15) is 11.2 Å². The summed E-state index contributed by atoms with van der Waals surface area (Å²) in [7, 11) is 3.79. The van der Waals surface area contributed by atoms with Crippen LogP contribution in [-0.2, 0) is 16.0 Å². The molecule has 1 N–H and O–H groups in total. The molecule has 35 heavy (non-hydrogen) atoms. The molecule has 2 aliphatic carbocycles. The van der Waals surface area contributed by atoms with Crippen molar-refractivity contribution < 1.29 is 14.3 Å². The van der Waals surface area contributed by atoms with Crippen molar-refractivity contribution in [3.05, 3.63) is 57.3 Å². The van der Waals surface area contributed by atoms with Crippen LogP contribution in [0.15, 0.2) is 35.0 Å². The zero-order valence-corrected chi connectivity index (χ0v) is 20.1. The molecule has 1 saturated heterocycles. The topological polar surface area (TPSA) is 64.8 Å². The largest absolute Gasteiger partial charge is 0.354 e. The average Bonchev–Trinajstić information content (AvgIpc) is 3.51. The maximum Gasteiger partial charge on any atom is 0.253 e. The molecule has 0 amide bonds. The first-order valence-electron chi connectivity index (χ1n) is 12.4. The zero-order chi connectivity index (χ0) is 23.7. The van der Waals surface area contributed by atoms with Gasteiger partial charge >= 0.3 is 0 Å². The highest BCUT2D eigenvalue weighted by Gasteiger charge is 2.63. The molecule has 2 aromatic rings. The Morgan fingerprint density at radius 2 is 2.23 bits per heavy atom. The Labute approximate surface area is 202 Å². The fourth-order valence-electron chi connectivity index (χ4n) is 7.62. The van der Waals surface area contributed by atoms with E-state index in [2.05, 4.69) is 52.3 Å². The average molecular weight is 468 g/mol. The molecule has 8 rings (SSSR count). The van der Waals surface area contributed by atoms with Crippen LogP contribution in [-0.4, -0.2) is 48.7 Å². The number of quaternary nitrogens is 1. The van der Waals surface area contributed by atoms with E-state index in [0.29, 0.717) is 17.6 Å². The number of Topliss-reactive ketones (excluding diaryl/α,β-unsaturated/α-hetero) is 1. The number of nitrogens with zero attached hydrogens (tertiary/aromatic N) is 3. The van der Waals surface area contributed by atoms with Crippen LogP contribution in [0.1, 0.15) is 47.7 Å². The fourth-order valence-corrected chi connectivity index (χ4v) is 7.62. The maximum absolute atomic E-state index is 13.4. The molecule has 4 atom stereocenters. The van der Waals surface area contributed by atoms with Crippen LogP contribution in [0.5, 0.6) is 0 Å². The van der Waals surface area contributed by atoms with Crippen molar-refractivity contribution >= 4 is 46.4 Å². The number of aliphatic imine (C=N–C) groups is 1. The Balaban J connectivity index is 1.69. The van der Waals surface area contributed by atoms with E-state index < -0.39 is 5.60 Å². The number of benzene rings is 1. The zero-order valence-electron chi connectivity index (χ0n) is 20.1. The Bertz CT molecular complexity index is 1660. The highest BCUT2D eigenvalue weighted by molar-refractivity contribution is 6.18. The molecule has 5 heterocycles. The van der Waals surface area contributed by atoms with Gasteiger partial charge in [0.05, 0.1) is 23.7 Å². The summed E-state index contributed by atoms with van der Waals surface area (Å²) < 4.78 is 15.9. The Kier molecular flexibility index (Phi) is 3.66. The lowest BCUT2D eigenvalue weighted by molar-refractivity contribution is -0.154. The van der Waals surface area contributed by atoms with Crippen LogP contribution in [0.3, 0.4) is 0 Å². The molecular weight excluding hydrogens is 440 g/mol. The van der Waals surface area contributed by atoms with Crippen LogP contribution in [0, 0.1) is 0 Å². The number of nitrogens with one attached hydrogen (secondary N) is 1. The van der Waals surface area contributed by atoms with Crippen LogP contribution < -0.4 is 20.6 Å². The standard InChI is InChI=1S/C28H27N4O3/c1-28-10-5-11-31-19-6-4-7-21(33)24(19)23-18-14-30-13-17(18)22-16-9-8-15(35-28)12-20(16)32(29-2,27(28)34-3)26(22)25(23)31/h5-6,8-10,13-15,27,29H,4,7,11-12H2,1-3H3/q+1/b10-5-/t15-,27-,28+,32-/m0/s1. The first-order chi connectivity index (χ1) is 17.0. The van der Waals surface area contributed by atoms with Gasteiger partial charge in [-0.3, -0.25) is 9.79 Å². The van der Waals surface area contributed by atoms with Crippen LogP contribution in [0.4, 0.5) is 5.69 Å². The maximum atomic E-state index is 13.4. The number of fused-ring (bicyclic) bond motifs is 9. The molecule has 0 spiro atoms. The third-order valence-corrected chi connectivity index (χ3v) is 8.78. The van der Waals surface area contributed by atoms with Gasteiger partial charge < -0.3 is 14.0 Å². The van der Waals surface area contributed by atoms with Crippen molar-refractivity contribution in [3.8, 4) is 0 Å². The lowest BCUT2D eigenvalue weighted by Gasteiger charge is -2.44. The summed E-state index contributed by atoms with van der Waals surface area (Å²) in [5.41, 5.74) is 10.9. The van der Waals surface area contributed by atoms with Crippen molar-refractivity contribution in [2.24, 2.45) is 4.99 Å². The summed E-state index contributed by atoms with van der Waals surface area (Å²) in [6, 6.07) is 0. The minimum absolute atomic E-state index is 0.0400. The number of rotatable bonds is 2. The summed E-state index contributed by atoms with van der Waals surface area (Å²) in [6.45, 7) is 2.79. The minimum Gasteiger partial charge on any atom is -0.354 e. The predicted octanol–water partition coefficient (Wildman–Crippen LogP) is 2.39. The van der Waals surface area contributed by atoms with Crippen molar-refractivity contribution in [1.29, 1.82) is 0 Å². The summed E-state index contributed by atoms with van der Waals surface area (Å²) in [5, 5.41) is 3.11. The molecule has 7 heteroatoms. The first-order valence-corrected chi connectivity index (χ1v) is 12.4. The summed E-state index contributed by atoms with van der Waals surface area (Å²) in [5.74, 6) is 0.216. The predicted molar refractivity (Wildman–Crippen MR) is 136 cm³/mol. The van der Waals surface area contributed by atoms with Gasteiger partial charge in [-0.05, 0) is 25.5 Å². The number of carbonyl (C=O) groups excluding carboxylic acids is 1. The van der Waals surface area contributed by atoms with Gasteiger partial charge in [-0.1, -0.05) is 18.2 Å². The molecule has 0 radical (unpaired) electrons. The number of aromatic nitrogens is 1. The van der Waals surface area contributed by atoms with E-state index in [0.717, 1.165) is 51.1 Å². The molecule has 4 bridgehead atoms. The van der Waals surface area contributed by atoms with E-state index in [1.165, 1.54) is 16.8 Å². The second-order valence-electron chi connectivity index (χ2n) is 10.4. The number of methoxy groups -OCH3 is 1. The molecule has 1 aromatic heterocycles. The normalized spacial score (nSPS) is 33.9. The summed E-state index contributed by atoms with van der Waals surface area (Å²) in [6.07, 6.45) is 16.6. The second kappa shape index (κ2) is 6.36. The van der Waals surface area contributed by atoms with Gasteiger partial charge in [-0.25, -0.2) is 0 Å². The SMILES string of the molecule is CN[N@@+]12C3=C4C=C[C@@H](C3)O[C@](C)(/C=C\Cn3c5c(c6c7c(c4c1c63)C=NC=7)C(=O)CCC=5)[C@@H]2OC. The van der Waals surface area contributed by atoms with Gasteiger partial charge in [0, 0.05) is 66.6 Å². The molecule has 176 valence electrons. The molecule has 1 aromatic carbocycles. The van der Waals surface area contributed by atoms with E-state index in [1.807, 2.05) is 19.5 Å². The Hall–Kier alpha value is -3.10. The molecule has 0 saturated carbocycles. The Morgan fingerprint density at radius 3 is 3.06 bits per heavy atom. The van der Waals surface area contributed by atoms with Crippen molar-refractivity contribution in [3.63, 3.8) is 0 Å². The van der Waals surface area contributed by atoms with Gasteiger partial charge in [0.2, 0.25) is 0 Å². The molecule has 7 nitrogen and oxygen atoms in total. The molecular formula is C28H27N4O3+. The number of hydrogen-bond donors (Lipinski definition) is 1. The van der Waals surface area contributed by atoms with E-state index in [-0.39, 0.29) is 18.1 Å². The van der Waals surface area contributed by atoms with Crippen molar-refractivity contribution in [1.82, 2.24) is 14.6 Å². The lowest BCUT2D eigenvalue weighted by Crippen LogP contribution is -2.69. The third kappa shape index (κ3) is 2.10. The first kappa shape index (κ1) is 20.1. The summed E-state index contributed by atoms with van der Waals surface area (Å²) >= 11 is 0. The fraction of sp³-hybridized carbons (Fsp3) is 0.357. The van der Waals surface area contributed by atoms with Crippen LogP contribution >= 0.6 is 0 Å². The van der Waals surface area contributed by atoms with Gasteiger partial charge in [-0.2, -0.15) is 10.0 Å². The van der Waals surface area contributed by atoms with Gasteiger partial charge in [0.15, 0.2) is 17.1 Å². The number of ketones is 1. The van der Waals surface area contributed by atoms with E-state index in [9.17, 15) is 4.79 Å². The quantitative estimate of drug-likeness (QED) is 0.544. The van der Waals surface area contributed by atoms with Gasteiger partial charge in [-0.15, -0.1) is 0 Å². The lowest BCUT2D eigenvalue weighted by atomic mass is 9.90. The molecule has 1 fully saturated rings. The number of ether oxygens (including phenoxy) is 2. The molecule has 6 aliphatic rings. The third-order valence-electron chi connectivity index (χ3n) is 8.78. The van der Waals surface area contributed by atoms with E-state index in [4.69, 9.17) is 9.47 Å². The highest BCUT2D eigenvalue weighted by atomic mass is 16.6. The number of carbonyl (C=O) groups is 1. The van der Waals surface area contributed by atoms with Crippen LogP contribution in [0.25, 0.3) is 28.8 Å². The summed E-state index contributed by atoms with van der Waals surface area (Å²) in [4.78, 5) is 18.0. The van der Waals surface area contributed by atoms with Crippen molar-refractivity contribution in [2.45, 2.75) is 50.7 Å². The highest BCUT2D eigenvalue weighted by Crippen LogP contribution is 2.57. The monoisotopic (exact) mass is 467 g/mol. The van der Waals surface area contributed by atoms with Crippen molar-refractivity contribution in [2.75, 3.05) is 14.2 Å². The van der Waals surface area contributed by atoms with E-state index in [1.54, 1.807) is 7.11 Å². The smallest absolute Gasteiger partial charge is 0.253 e. The minimum atomic E-state index is -0.680.